The minimum absolute atomic E-state index is 0.199. The number of carbonyl (C=O) groups is 4. The number of hydrogen-bond acceptors (Lipinski definition) is 7. The van der Waals surface area contributed by atoms with Gasteiger partial charge in [0.25, 0.3) is 5.91 Å². The van der Waals surface area contributed by atoms with Crippen LogP contribution in [0.3, 0.4) is 0 Å². The fourth-order valence-corrected chi connectivity index (χ4v) is 4.11. The van der Waals surface area contributed by atoms with Crippen LogP contribution in [0.5, 0.6) is 0 Å². The Morgan fingerprint density at radius 2 is 2.03 bits per heavy atom. The lowest BCUT2D eigenvalue weighted by Crippen LogP contribution is -2.41. The first-order chi connectivity index (χ1) is 14.8. The summed E-state index contributed by atoms with van der Waals surface area (Å²) in [6.45, 7) is 2.89. The lowest BCUT2D eigenvalue weighted by Gasteiger charge is -2.18. The minimum Gasteiger partial charge on any atom is -0.462 e. The van der Waals surface area contributed by atoms with Crippen LogP contribution in [0, 0.1) is 0 Å². The average Bonchev–Trinajstić information content (AvgIpc) is 3.42. The molecule has 1 aliphatic rings. The highest BCUT2D eigenvalue weighted by Gasteiger charge is 2.51. The molecule has 4 amide bonds. The van der Waals surface area contributed by atoms with Crippen molar-refractivity contribution in [3.05, 3.63) is 53.1 Å². The molecular weight excluding hydrogens is 422 g/mol. The molecule has 31 heavy (non-hydrogen) atoms. The number of nitrogens with one attached hydrogen (secondary N) is 2. The number of urea groups is 1. The Balaban J connectivity index is 1.50. The van der Waals surface area contributed by atoms with E-state index < -0.39 is 35.9 Å². The Morgan fingerprint density at radius 1 is 1.26 bits per heavy atom. The van der Waals surface area contributed by atoms with E-state index in [9.17, 15) is 19.2 Å². The number of ether oxygens (including phenoxy) is 1. The Kier molecular flexibility index (Phi) is 5.24. The molecule has 2 N–H and O–H groups in total. The molecule has 0 saturated carbocycles. The van der Waals surface area contributed by atoms with Crippen LogP contribution in [0.15, 0.2) is 46.2 Å². The van der Waals surface area contributed by atoms with Gasteiger partial charge in [0.05, 0.1) is 12.2 Å². The smallest absolute Gasteiger partial charge is 0.341 e. The van der Waals surface area contributed by atoms with Crippen molar-refractivity contribution in [1.29, 1.82) is 0 Å². The number of imide groups is 1. The molecule has 4 rings (SSSR count). The molecule has 1 aliphatic heterocycles. The van der Waals surface area contributed by atoms with Crippen molar-refractivity contribution in [1.82, 2.24) is 10.2 Å². The zero-order valence-electron chi connectivity index (χ0n) is 16.8. The summed E-state index contributed by atoms with van der Waals surface area (Å²) in [6, 6.07) is 9.75. The molecule has 1 aromatic carbocycles. The van der Waals surface area contributed by atoms with E-state index in [1.54, 1.807) is 30.5 Å². The van der Waals surface area contributed by atoms with Crippen LogP contribution in [-0.4, -0.2) is 41.9 Å². The summed E-state index contributed by atoms with van der Waals surface area (Å²) >= 11 is 1.14. The number of furan rings is 1. The van der Waals surface area contributed by atoms with Crippen LogP contribution in [0.25, 0.3) is 11.0 Å². The molecule has 1 atom stereocenters. The standard InChI is InChI=1S/C21H19N3O6S/c1-3-29-18(26)13-8-9-31-17(13)22-16(25)11-24-19(27)21(2,23-20(24)28)15-10-12-6-4-5-7-14(12)30-15/h4-10H,3,11H2,1-2H3,(H,22,25)(H,23,28). The molecule has 160 valence electrons. The second-order valence-corrected chi connectivity index (χ2v) is 7.94. The molecule has 0 spiro atoms. The van der Waals surface area contributed by atoms with Gasteiger partial charge in [0.2, 0.25) is 5.91 Å². The zero-order chi connectivity index (χ0) is 22.2. The molecular formula is C21H19N3O6S. The van der Waals surface area contributed by atoms with Gasteiger partial charge in [0, 0.05) is 5.39 Å². The van der Waals surface area contributed by atoms with Gasteiger partial charge in [-0.15, -0.1) is 11.3 Å². The highest BCUT2D eigenvalue weighted by atomic mass is 32.1. The summed E-state index contributed by atoms with van der Waals surface area (Å²) in [5.74, 6) is -1.52. The number of benzene rings is 1. The number of thiophene rings is 1. The highest BCUT2D eigenvalue weighted by molar-refractivity contribution is 7.14. The monoisotopic (exact) mass is 441 g/mol. The number of fused-ring (bicyclic) bond motifs is 1. The van der Waals surface area contributed by atoms with E-state index in [0.717, 1.165) is 21.6 Å². The lowest BCUT2D eigenvalue weighted by atomic mass is 9.99. The van der Waals surface area contributed by atoms with Gasteiger partial charge in [0.15, 0.2) is 5.54 Å². The number of amides is 4. The van der Waals surface area contributed by atoms with Gasteiger partial charge in [-0.2, -0.15) is 0 Å². The Bertz CT molecular complexity index is 1170. The van der Waals surface area contributed by atoms with Gasteiger partial charge in [-0.3, -0.25) is 14.5 Å². The van der Waals surface area contributed by atoms with E-state index in [1.807, 2.05) is 12.1 Å². The topological polar surface area (TPSA) is 118 Å². The van der Waals surface area contributed by atoms with Crippen molar-refractivity contribution < 1.29 is 28.3 Å². The average molecular weight is 441 g/mol. The van der Waals surface area contributed by atoms with E-state index in [1.165, 1.54) is 13.0 Å². The van der Waals surface area contributed by atoms with Crippen LogP contribution in [0.1, 0.15) is 30.0 Å². The molecule has 3 aromatic rings. The molecule has 1 saturated heterocycles. The Morgan fingerprint density at radius 3 is 2.77 bits per heavy atom. The van der Waals surface area contributed by atoms with Crippen molar-refractivity contribution in [3.63, 3.8) is 0 Å². The summed E-state index contributed by atoms with van der Waals surface area (Å²) in [4.78, 5) is 50.8. The van der Waals surface area contributed by atoms with Gasteiger partial charge in [-0.25, -0.2) is 9.59 Å². The molecule has 1 fully saturated rings. The van der Waals surface area contributed by atoms with Gasteiger partial charge >= 0.3 is 12.0 Å². The summed E-state index contributed by atoms with van der Waals surface area (Å²) < 4.78 is 10.7. The molecule has 0 aliphatic carbocycles. The van der Waals surface area contributed by atoms with Crippen molar-refractivity contribution in [2.45, 2.75) is 19.4 Å². The fourth-order valence-electron chi connectivity index (χ4n) is 3.32. The summed E-state index contributed by atoms with van der Waals surface area (Å²) in [5.41, 5.74) is -0.638. The number of esters is 1. The summed E-state index contributed by atoms with van der Waals surface area (Å²) in [5, 5.41) is 7.89. The summed E-state index contributed by atoms with van der Waals surface area (Å²) in [6.07, 6.45) is 0. The maximum atomic E-state index is 13.0. The van der Waals surface area contributed by atoms with Gasteiger partial charge in [0.1, 0.15) is 22.9 Å². The second kappa shape index (κ2) is 7.88. The van der Waals surface area contributed by atoms with Crippen LogP contribution >= 0.6 is 11.3 Å². The maximum Gasteiger partial charge on any atom is 0.341 e. The first-order valence-corrected chi connectivity index (χ1v) is 10.4. The molecule has 2 aromatic heterocycles. The second-order valence-electron chi connectivity index (χ2n) is 7.03. The van der Waals surface area contributed by atoms with Crippen LogP contribution in [0.2, 0.25) is 0 Å². The molecule has 0 bridgehead atoms. The van der Waals surface area contributed by atoms with E-state index >= 15 is 0 Å². The number of hydrogen-bond donors (Lipinski definition) is 2. The van der Waals surface area contributed by atoms with Crippen molar-refractivity contribution in [2.24, 2.45) is 0 Å². The molecule has 1 unspecified atom stereocenters. The third kappa shape index (κ3) is 3.66. The zero-order valence-corrected chi connectivity index (χ0v) is 17.6. The lowest BCUT2D eigenvalue weighted by molar-refractivity contribution is -0.134. The number of anilines is 1. The van der Waals surface area contributed by atoms with E-state index in [4.69, 9.17) is 9.15 Å². The largest absolute Gasteiger partial charge is 0.462 e. The normalized spacial score (nSPS) is 18.3. The SMILES string of the molecule is CCOC(=O)c1ccsc1NC(=O)CN1C(=O)NC(C)(c2cc3ccccc3o2)C1=O. The van der Waals surface area contributed by atoms with Gasteiger partial charge in [-0.05, 0) is 37.4 Å². The minimum atomic E-state index is -1.44. The van der Waals surface area contributed by atoms with E-state index in [2.05, 4.69) is 10.6 Å². The van der Waals surface area contributed by atoms with Crippen molar-refractivity contribution >= 4 is 51.1 Å². The number of para-hydroxylation sites is 1. The first-order valence-electron chi connectivity index (χ1n) is 9.51. The molecule has 0 radical (unpaired) electrons. The predicted octanol–water partition coefficient (Wildman–Crippen LogP) is 3.08. The third-order valence-electron chi connectivity index (χ3n) is 4.91. The van der Waals surface area contributed by atoms with Gasteiger partial charge < -0.3 is 19.8 Å². The van der Waals surface area contributed by atoms with Gasteiger partial charge in [-0.1, -0.05) is 18.2 Å². The predicted molar refractivity (Wildman–Crippen MR) is 113 cm³/mol. The number of nitrogens with zero attached hydrogens (tertiary/aromatic N) is 1. The first kappa shape index (κ1) is 20.6. The molecule has 3 heterocycles. The molecule has 9 nitrogen and oxygen atoms in total. The van der Waals surface area contributed by atoms with Crippen LogP contribution < -0.4 is 10.6 Å². The summed E-state index contributed by atoms with van der Waals surface area (Å²) in [7, 11) is 0. The number of carbonyl (C=O) groups excluding carboxylic acids is 4. The van der Waals surface area contributed by atoms with E-state index in [-0.39, 0.29) is 22.9 Å². The van der Waals surface area contributed by atoms with Crippen molar-refractivity contribution in [2.75, 3.05) is 18.5 Å². The maximum absolute atomic E-state index is 13.0. The Hall–Kier alpha value is -3.66. The third-order valence-corrected chi connectivity index (χ3v) is 5.74. The Labute approximate surface area is 181 Å². The highest BCUT2D eigenvalue weighted by Crippen LogP contribution is 2.33. The van der Waals surface area contributed by atoms with Crippen LogP contribution in [-0.2, 0) is 19.9 Å². The number of rotatable bonds is 6. The van der Waals surface area contributed by atoms with Crippen molar-refractivity contribution in [3.8, 4) is 0 Å². The molecule has 10 heteroatoms. The quantitative estimate of drug-likeness (QED) is 0.448. The van der Waals surface area contributed by atoms with Crippen LogP contribution in [0.4, 0.5) is 9.80 Å². The fraction of sp³-hybridized carbons (Fsp3) is 0.238. The van der Waals surface area contributed by atoms with E-state index in [0.29, 0.717) is 5.58 Å².